The summed E-state index contributed by atoms with van der Waals surface area (Å²) < 4.78 is 31.1. The Morgan fingerprint density at radius 2 is 1.86 bits per heavy atom. The van der Waals surface area contributed by atoms with Crippen molar-refractivity contribution in [1.82, 2.24) is 0 Å². The van der Waals surface area contributed by atoms with Crippen LogP contribution in [0.4, 0.5) is 13.2 Å². The van der Waals surface area contributed by atoms with Crippen molar-refractivity contribution in [2.24, 2.45) is 0 Å². The largest absolute Gasteiger partial charge is 0.299 e. The van der Waals surface area contributed by atoms with E-state index in [1.54, 1.807) is 0 Å². The van der Waals surface area contributed by atoms with Crippen LogP contribution in [0.2, 0.25) is 0 Å². The molecule has 7 heavy (non-hydrogen) atoms. The molecular weight excluding hydrogens is 220 g/mol. The van der Waals surface area contributed by atoms with Crippen LogP contribution in [-0.4, -0.2) is 10.6 Å². The first kappa shape index (κ1) is 7.52. The lowest BCUT2D eigenvalue weighted by molar-refractivity contribution is 0.107. The van der Waals surface area contributed by atoms with Crippen LogP contribution in [0.15, 0.2) is 0 Å². The van der Waals surface area contributed by atoms with Crippen LogP contribution >= 0.6 is 22.6 Å². The van der Waals surface area contributed by atoms with Gasteiger partial charge in [-0.3, -0.25) is 4.39 Å². The molecule has 0 heterocycles. The highest BCUT2D eigenvalue weighted by Gasteiger charge is 2.22. The maximum atomic E-state index is 11.5. The molecule has 0 unspecified atom stereocenters. The fourth-order valence-electron chi connectivity index (χ4n) is 0.107. The summed E-state index contributed by atoms with van der Waals surface area (Å²) in [4.78, 5) is 0. The Labute approximate surface area is 53.2 Å². The number of alkyl halides is 4. The predicted molar refractivity (Wildman–Crippen MR) is 29.6 cm³/mol. The zero-order chi connectivity index (χ0) is 5.91. The molecule has 0 saturated carbocycles. The average molecular weight is 224 g/mol. The van der Waals surface area contributed by atoms with Gasteiger partial charge in [0.05, 0.1) is 6.67 Å². The summed E-state index contributed by atoms with van der Waals surface area (Å²) in [5.41, 5.74) is 0. The molecule has 0 aromatic heterocycles. The van der Waals surface area contributed by atoms with Crippen LogP contribution in [0.25, 0.3) is 0 Å². The van der Waals surface area contributed by atoms with Gasteiger partial charge in [0.2, 0.25) is 0 Å². The summed E-state index contributed by atoms with van der Waals surface area (Å²) in [5, 5.41) is 0. The number of rotatable bonds is 2. The summed E-state index contributed by atoms with van der Waals surface area (Å²) in [6, 6.07) is 0. The Morgan fingerprint density at radius 3 is 1.86 bits per heavy atom. The molecule has 0 aliphatic heterocycles. The fraction of sp³-hybridized carbons (Fsp3) is 1.00. The number of halogens is 4. The zero-order valence-corrected chi connectivity index (χ0v) is 5.58. The highest BCUT2D eigenvalue weighted by Crippen LogP contribution is 2.25. The normalized spacial score (nSPS) is 12.0. The third kappa shape index (κ3) is 6.52. The van der Waals surface area contributed by atoms with Crippen molar-refractivity contribution >= 4 is 22.6 Å². The van der Waals surface area contributed by atoms with E-state index in [1.165, 1.54) is 0 Å². The van der Waals surface area contributed by atoms with E-state index in [1.807, 2.05) is 0 Å². The Bertz CT molecular complexity index is 48.6. The van der Waals surface area contributed by atoms with E-state index in [0.717, 1.165) is 22.6 Å². The third-order valence-corrected chi connectivity index (χ3v) is 0.917. The average Bonchev–Trinajstić information content (AvgIpc) is 1.30. The van der Waals surface area contributed by atoms with Crippen LogP contribution in [-0.2, 0) is 0 Å². The summed E-state index contributed by atoms with van der Waals surface area (Å²) >= 11 is 0.903. The molecule has 0 N–H and O–H groups in total. The topological polar surface area (TPSA) is 0 Å². The van der Waals surface area contributed by atoms with Crippen molar-refractivity contribution in [3.63, 3.8) is 0 Å². The molecule has 0 fully saturated rings. The highest BCUT2D eigenvalue weighted by molar-refractivity contribution is 14.1. The first-order valence-corrected chi connectivity index (χ1v) is 2.77. The second-order valence-electron chi connectivity index (χ2n) is 1.05. The first-order valence-electron chi connectivity index (χ1n) is 1.69. The van der Waals surface area contributed by atoms with E-state index in [2.05, 4.69) is 0 Å². The molecule has 0 saturated heterocycles. The van der Waals surface area contributed by atoms with Crippen molar-refractivity contribution in [1.29, 1.82) is 0 Å². The SMILES string of the molecule is FCCC(F)(F)I. The van der Waals surface area contributed by atoms with E-state index >= 15 is 0 Å². The maximum absolute atomic E-state index is 11.5. The van der Waals surface area contributed by atoms with Crippen LogP contribution in [0.3, 0.4) is 0 Å². The van der Waals surface area contributed by atoms with Gasteiger partial charge in [-0.05, 0) is 22.6 Å². The second-order valence-corrected chi connectivity index (χ2v) is 2.63. The van der Waals surface area contributed by atoms with Crippen molar-refractivity contribution in [3.8, 4) is 0 Å². The summed E-state index contributed by atoms with van der Waals surface area (Å²) in [6.45, 7) is -0.948. The van der Waals surface area contributed by atoms with Gasteiger partial charge < -0.3 is 0 Å². The molecule has 0 atom stereocenters. The summed E-state index contributed by atoms with van der Waals surface area (Å²) in [7, 11) is 0. The van der Waals surface area contributed by atoms with E-state index in [4.69, 9.17) is 0 Å². The van der Waals surface area contributed by atoms with Crippen molar-refractivity contribution in [3.05, 3.63) is 0 Å². The smallest absolute Gasteiger partial charge is 0.251 e. The fourth-order valence-corrected chi connectivity index (χ4v) is 0.311. The van der Waals surface area contributed by atoms with E-state index < -0.39 is 17.0 Å². The van der Waals surface area contributed by atoms with Gasteiger partial charge in [0.15, 0.2) is 0 Å². The monoisotopic (exact) mass is 224 g/mol. The van der Waals surface area contributed by atoms with Crippen LogP contribution in [0.1, 0.15) is 6.42 Å². The van der Waals surface area contributed by atoms with Gasteiger partial charge in [-0.25, -0.2) is 0 Å². The lowest BCUT2D eigenvalue weighted by Gasteiger charge is -2.01. The molecule has 0 aliphatic carbocycles. The maximum Gasteiger partial charge on any atom is 0.299 e. The first-order chi connectivity index (χ1) is 3.06. The molecule has 0 nitrogen and oxygen atoms in total. The lowest BCUT2D eigenvalue weighted by atomic mass is 10.5. The minimum Gasteiger partial charge on any atom is -0.251 e. The molecule has 0 aliphatic rings. The summed E-state index contributed by atoms with van der Waals surface area (Å²) in [6.07, 6.45) is -0.673. The van der Waals surface area contributed by atoms with Gasteiger partial charge in [-0.15, -0.1) is 0 Å². The molecule has 0 aromatic rings. The van der Waals surface area contributed by atoms with Gasteiger partial charge in [0, 0.05) is 6.42 Å². The van der Waals surface area contributed by atoms with Crippen molar-refractivity contribution < 1.29 is 13.2 Å². The van der Waals surface area contributed by atoms with Gasteiger partial charge in [-0.2, -0.15) is 8.78 Å². The molecule has 0 radical (unpaired) electrons. The Hall–Kier alpha value is 0.520. The Kier molecular flexibility index (Phi) is 2.94. The van der Waals surface area contributed by atoms with Crippen molar-refractivity contribution in [2.75, 3.05) is 6.67 Å². The Balaban J connectivity index is 3.15. The molecule has 0 spiro atoms. The highest BCUT2D eigenvalue weighted by atomic mass is 127. The van der Waals surface area contributed by atoms with Gasteiger partial charge in [-0.1, -0.05) is 0 Å². The zero-order valence-electron chi connectivity index (χ0n) is 3.43. The molecule has 0 bridgehead atoms. The van der Waals surface area contributed by atoms with Gasteiger partial charge >= 0.3 is 0 Å². The summed E-state index contributed by atoms with van der Waals surface area (Å²) in [5.74, 6) is 0. The van der Waals surface area contributed by atoms with E-state index in [-0.39, 0.29) is 0 Å². The molecule has 0 rings (SSSR count). The third-order valence-electron chi connectivity index (χ3n) is 0.378. The molecule has 44 valence electrons. The van der Waals surface area contributed by atoms with E-state index in [9.17, 15) is 13.2 Å². The molecule has 0 amide bonds. The number of hydrogen-bond donors (Lipinski definition) is 0. The molecule has 4 heteroatoms. The van der Waals surface area contributed by atoms with Crippen LogP contribution in [0, 0.1) is 0 Å². The van der Waals surface area contributed by atoms with Gasteiger partial charge in [0.1, 0.15) is 0 Å². The minimum absolute atomic E-state index is 0.673. The quantitative estimate of drug-likeness (QED) is 0.498. The predicted octanol–water partition coefficient (Wildman–Crippen LogP) is 2.37. The van der Waals surface area contributed by atoms with Gasteiger partial charge in [0.25, 0.3) is 3.93 Å². The lowest BCUT2D eigenvalue weighted by Crippen LogP contribution is -2.04. The standard InChI is InChI=1S/C3H4F3I/c4-2-1-3(5,6)7/h1-2H2. The number of hydrogen-bond acceptors (Lipinski definition) is 0. The second kappa shape index (κ2) is 2.74. The minimum atomic E-state index is -2.85. The van der Waals surface area contributed by atoms with E-state index in [0.29, 0.717) is 0 Å². The Morgan fingerprint density at radius 1 is 1.43 bits per heavy atom. The molecule has 0 aromatic carbocycles. The van der Waals surface area contributed by atoms with Crippen molar-refractivity contribution in [2.45, 2.75) is 10.4 Å². The van der Waals surface area contributed by atoms with Crippen LogP contribution < -0.4 is 0 Å². The molecular formula is C3H4F3I. The van der Waals surface area contributed by atoms with Crippen LogP contribution in [0.5, 0.6) is 0 Å².